The van der Waals surface area contributed by atoms with Gasteiger partial charge in [-0.05, 0) is 6.92 Å². The van der Waals surface area contributed by atoms with E-state index in [-0.39, 0.29) is 11.8 Å². The second-order valence-electron chi connectivity index (χ2n) is 5.85. The highest BCUT2D eigenvalue weighted by Crippen LogP contribution is 2.28. The van der Waals surface area contributed by atoms with Crippen LogP contribution in [-0.4, -0.2) is 39.0 Å². The largest absolute Gasteiger partial charge is 0.341 e. The van der Waals surface area contributed by atoms with Crippen LogP contribution < -0.4 is 0 Å². The molecule has 0 aliphatic carbocycles. The molecule has 1 aliphatic heterocycles. The van der Waals surface area contributed by atoms with Gasteiger partial charge in [-0.2, -0.15) is 4.98 Å². The van der Waals surface area contributed by atoms with Gasteiger partial charge in [0.25, 0.3) is 0 Å². The van der Waals surface area contributed by atoms with Gasteiger partial charge in [0.1, 0.15) is 0 Å². The van der Waals surface area contributed by atoms with E-state index in [2.05, 4.69) is 15.1 Å². The smallest absolute Gasteiger partial charge is 0.233 e. The van der Waals surface area contributed by atoms with Crippen molar-refractivity contribution in [2.45, 2.75) is 19.3 Å². The molecule has 4 rings (SSSR count). The monoisotopic (exact) mass is 340 g/mol. The Labute approximate surface area is 143 Å². The van der Waals surface area contributed by atoms with Crippen LogP contribution in [0.3, 0.4) is 0 Å². The fourth-order valence-electron chi connectivity index (χ4n) is 2.70. The molecule has 24 heavy (non-hydrogen) atoms. The van der Waals surface area contributed by atoms with Crippen molar-refractivity contribution >= 4 is 17.2 Å². The number of carbonyl (C=O) groups is 1. The summed E-state index contributed by atoms with van der Waals surface area (Å²) in [6, 6.07) is 9.72. The molecule has 0 unspecified atom stereocenters. The Bertz CT molecular complexity index is 852. The molecule has 7 heteroatoms. The lowest BCUT2D eigenvalue weighted by Gasteiger charge is -2.37. The summed E-state index contributed by atoms with van der Waals surface area (Å²) in [6.07, 6.45) is 0.357. The van der Waals surface area contributed by atoms with Crippen LogP contribution in [0.15, 0.2) is 40.2 Å². The minimum Gasteiger partial charge on any atom is -0.341 e. The molecule has 3 aromatic rings. The lowest BCUT2D eigenvalue weighted by atomic mass is 9.99. The van der Waals surface area contributed by atoms with Gasteiger partial charge in [0.05, 0.1) is 23.0 Å². The third kappa shape index (κ3) is 2.94. The first-order valence-corrected chi connectivity index (χ1v) is 8.65. The van der Waals surface area contributed by atoms with E-state index in [0.29, 0.717) is 31.2 Å². The SMILES string of the molecule is Cc1nc(CC(=O)N2CC(c3nc(-c4ccccc4)no3)C2)cs1. The number of hydrogen-bond donors (Lipinski definition) is 0. The third-order valence-electron chi connectivity index (χ3n) is 4.06. The number of nitrogens with zero attached hydrogens (tertiary/aromatic N) is 4. The highest BCUT2D eigenvalue weighted by Gasteiger charge is 2.35. The lowest BCUT2D eigenvalue weighted by molar-refractivity contribution is -0.135. The van der Waals surface area contributed by atoms with Gasteiger partial charge in [-0.1, -0.05) is 35.5 Å². The van der Waals surface area contributed by atoms with Crippen LogP contribution in [0.1, 0.15) is 22.5 Å². The van der Waals surface area contributed by atoms with Gasteiger partial charge in [0.2, 0.25) is 17.6 Å². The van der Waals surface area contributed by atoms with Crippen LogP contribution in [0.5, 0.6) is 0 Å². The highest BCUT2D eigenvalue weighted by molar-refractivity contribution is 7.09. The van der Waals surface area contributed by atoms with E-state index in [4.69, 9.17) is 4.52 Å². The van der Waals surface area contributed by atoms with Crippen molar-refractivity contribution in [3.63, 3.8) is 0 Å². The molecule has 0 spiro atoms. The Hall–Kier alpha value is -2.54. The van der Waals surface area contributed by atoms with Crippen LogP contribution in [0.2, 0.25) is 0 Å². The second-order valence-corrected chi connectivity index (χ2v) is 6.91. The minimum absolute atomic E-state index is 0.0966. The molecule has 0 radical (unpaired) electrons. The molecule has 1 fully saturated rings. The first kappa shape index (κ1) is 15.0. The molecule has 0 saturated carbocycles. The number of likely N-dealkylation sites (tertiary alicyclic amines) is 1. The molecule has 2 aromatic heterocycles. The molecule has 0 atom stereocenters. The zero-order chi connectivity index (χ0) is 16.5. The predicted molar refractivity (Wildman–Crippen MR) is 89.6 cm³/mol. The zero-order valence-corrected chi connectivity index (χ0v) is 14.0. The second kappa shape index (κ2) is 6.16. The molecule has 0 bridgehead atoms. The standard InChI is InChI=1S/C17H16N4O2S/c1-11-18-14(10-24-11)7-15(22)21-8-13(9-21)17-19-16(20-23-17)12-5-3-2-4-6-12/h2-6,10,13H,7-9H2,1H3. The number of aryl methyl sites for hydroxylation is 1. The molecular weight excluding hydrogens is 324 g/mol. The Morgan fingerprint density at radius 2 is 2.08 bits per heavy atom. The third-order valence-corrected chi connectivity index (χ3v) is 4.88. The normalized spacial score (nSPS) is 14.6. The minimum atomic E-state index is 0.0966. The number of hydrogen-bond acceptors (Lipinski definition) is 6. The molecule has 1 saturated heterocycles. The summed E-state index contributed by atoms with van der Waals surface area (Å²) in [5.41, 5.74) is 1.77. The van der Waals surface area contributed by atoms with E-state index in [0.717, 1.165) is 16.3 Å². The number of aromatic nitrogens is 3. The Kier molecular flexibility index (Phi) is 3.86. The molecule has 1 aliphatic rings. The molecular formula is C17H16N4O2S. The van der Waals surface area contributed by atoms with E-state index >= 15 is 0 Å². The molecule has 122 valence electrons. The van der Waals surface area contributed by atoms with Crippen LogP contribution in [0.4, 0.5) is 0 Å². The van der Waals surface area contributed by atoms with Gasteiger partial charge in [0, 0.05) is 24.0 Å². The summed E-state index contributed by atoms with van der Waals surface area (Å²) < 4.78 is 5.36. The van der Waals surface area contributed by atoms with Crippen molar-refractivity contribution in [2.24, 2.45) is 0 Å². The van der Waals surface area contributed by atoms with E-state index in [9.17, 15) is 4.79 Å². The Morgan fingerprint density at radius 1 is 1.29 bits per heavy atom. The number of thiazole rings is 1. The van der Waals surface area contributed by atoms with E-state index in [1.807, 2.05) is 47.5 Å². The van der Waals surface area contributed by atoms with E-state index < -0.39 is 0 Å². The summed E-state index contributed by atoms with van der Waals surface area (Å²) in [7, 11) is 0. The zero-order valence-electron chi connectivity index (χ0n) is 13.2. The van der Waals surface area contributed by atoms with Gasteiger partial charge in [-0.15, -0.1) is 11.3 Å². The van der Waals surface area contributed by atoms with E-state index in [1.54, 1.807) is 11.3 Å². The number of amides is 1. The topological polar surface area (TPSA) is 72.1 Å². The average molecular weight is 340 g/mol. The fraction of sp³-hybridized carbons (Fsp3) is 0.294. The first-order chi connectivity index (χ1) is 11.7. The average Bonchev–Trinajstić information content (AvgIpc) is 3.16. The summed E-state index contributed by atoms with van der Waals surface area (Å²) in [5.74, 6) is 1.41. The predicted octanol–water partition coefficient (Wildman–Crippen LogP) is 2.67. The highest BCUT2D eigenvalue weighted by atomic mass is 32.1. The van der Waals surface area contributed by atoms with Crippen LogP contribution in [-0.2, 0) is 11.2 Å². The van der Waals surface area contributed by atoms with Gasteiger partial charge in [-0.3, -0.25) is 4.79 Å². The lowest BCUT2D eigenvalue weighted by Crippen LogP contribution is -2.49. The number of carbonyl (C=O) groups excluding carboxylic acids is 1. The molecule has 6 nitrogen and oxygen atoms in total. The van der Waals surface area contributed by atoms with Crippen molar-refractivity contribution in [1.29, 1.82) is 0 Å². The molecule has 0 N–H and O–H groups in total. The summed E-state index contributed by atoms with van der Waals surface area (Å²) >= 11 is 1.57. The van der Waals surface area contributed by atoms with Crippen molar-refractivity contribution in [3.8, 4) is 11.4 Å². The number of rotatable bonds is 4. The Morgan fingerprint density at radius 3 is 2.79 bits per heavy atom. The molecule has 1 amide bonds. The summed E-state index contributed by atoms with van der Waals surface area (Å²) in [4.78, 5) is 22.8. The van der Waals surface area contributed by atoms with E-state index in [1.165, 1.54) is 0 Å². The molecule has 1 aromatic carbocycles. The van der Waals surface area contributed by atoms with Crippen molar-refractivity contribution in [2.75, 3.05) is 13.1 Å². The summed E-state index contributed by atoms with van der Waals surface area (Å²) in [6.45, 7) is 3.19. The van der Waals surface area contributed by atoms with Gasteiger partial charge in [-0.25, -0.2) is 4.98 Å². The van der Waals surface area contributed by atoms with Crippen LogP contribution >= 0.6 is 11.3 Å². The van der Waals surface area contributed by atoms with Gasteiger partial charge >= 0.3 is 0 Å². The number of benzene rings is 1. The maximum atomic E-state index is 12.2. The first-order valence-electron chi connectivity index (χ1n) is 7.77. The van der Waals surface area contributed by atoms with Crippen LogP contribution in [0, 0.1) is 6.92 Å². The summed E-state index contributed by atoms with van der Waals surface area (Å²) in [5, 5.41) is 6.96. The van der Waals surface area contributed by atoms with Crippen molar-refractivity contribution in [1.82, 2.24) is 20.0 Å². The van der Waals surface area contributed by atoms with Crippen molar-refractivity contribution in [3.05, 3.63) is 52.3 Å². The maximum absolute atomic E-state index is 12.2. The van der Waals surface area contributed by atoms with Crippen LogP contribution in [0.25, 0.3) is 11.4 Å². The van der Waals surface area contributed by atoms with Crippen molar-refractivity contribution < 1.29 is 9.32 Å². The Balaban J connectivity index is 1.36. The fourth-order valence-corrected chi connectivity index (χ4v) is 3.31. The maximum Gasteiger partial charge on any atom is 0.233 e. The van der Waals surface area contributed by atoms with Gasteiger partial charge in [0.15, 0.2) is 0 Å². The molecule has 3 heterocycles. The van der Waals surface area contributed by atoms with Gasteiger partial charge < -0.3 is 9.42 Å². The quantitative estimate of drug-likeness (QED) is 0.730.